The Labute approximate surface area is 73.0 Å². The van der Waals surface area contributed by atoms with Crippen LogP contribution in [0, 0.1) is 0 Å². The van der Waals surface area contributed by atoms with Gasteiger partial charge in [0.15, 0.2) is 11.2 Å². The fourth-order valence-corrected chi connectivity index (χ4v) is 1.02. The van der Waals surface area contributed by atoms with Crippen LogP contribution >= 0.6 is 0 Å². The Morgan fingerprint density at radius 1 is 1.62 bits per heavy atom. The normalized spacial score (nSPS) is 10.5. The van der Waals surface area contributed by atoms with Gasteiger partial charge in [-0.15, -0.1) is 0 Å². The van der Waals surface area contributed by atoms with Gasteiger partial charge in [-0.1, -0.05) is 0 Å². The van der Waals surface area contributed by atoms with Crippen molar-refractivity contribution in [3.63, 3.8) is 0 Å². The molecule has 0 aliphatic carbocycles. The number of nitrogens with zero attached hydrogens (tertiary/aromatic N) is 2. The van der Waals surface area contributed by atoms with E-state index in [1.807, 2.05) is 0 Å². The second kappa shape index (κ2) is 2.85. The molecular formula is C8H6N2O3. The standard InChI is InChI=1S/C8H6N2O3/c11-7(12)4-6-10-8-5(13-6)2-1-3-9-8/h1-3H,4H2,(H,11,12). The number of hydrogen-bond donors (Lipinski definition) is 1. The van der Waals surface area contributed by atoms with E-state index >= 15 is 0 Å². The van der Waals surface area contributed by atoms with E-state index in [4.69, 9.17) is 9.52 Å². The number of hydrogen-bond acceptors (Lipinski definition) is 4. The lowest BCUT2D eigenvalue weighted by Crippen LogP contribution is -1.99. The molecule has 2 aromatic rings. The number of carboxylic acids is 1. The maximum absolute atomic E-state index is 10.3. The van der Waals surface area contributed by atoms with Gasteiger partial charge in [0.05, 0.1) is 0 Å². The number of aromatic nitrogens is 2. The minimum Gasteiger partial charge on any atom is -0.481 e. The zero-order valence-corrected chi connectivity index (χ0v) is 6.60. The number of carbonyl (C=O) groups is 1. The van der Waals surface area contributed by atoms with Crippen LogP contribution in [0.5, 0.6) is 0 Å². The van der Waals surface area contributed by atoms with Gasteiger partial charge in [-0.05, 0) is 12.1 Å². The Morgan fingerprint density at radius 3 is 3.15 bits per heavy atom. The zero-order valence-electron chi connectivity index (χ0n) is 6.60. The lowest BCUT2D eigenvalue weighted by molar-refractivity contribution is -0.136. The number of fused-ring (bicyclic) bond motifs is 1. The van der Waals surface area contributed by atoms with Crippen LogP contribution in [0.25, 0.3) is 11.2 Å². The van der Waals surface area contributed by atoms with Gasteiger partial charge in [0.2, 0.25) is 5.89 Å². The van der Waals surface area contributed by atoms with Gasteiger partial charge in [-0.3, -0.25) is 4.79 Å². The van der Waals surface area contributed by atoms with Crippen LogP contribution in [-0.4, -0.2) is 21.0 Å². The summed E-state index contributed by atoms with van der Waals surface area (Å²) in [4.78, 5) is 18.1. The van der Waals surface area contributed by atoms with Crippen molar-refractivity contribution in [2.24, 2.45) is 0 Å². The molecule has 0 aliphatic heterocycles. The molecule has 0 aromatic carbocycles. The Hall–Kier alpha value is -1.91. The van der Waals surface area contributed by atoms with E-state index in [1.54, 1.807) is 18.3 Å². The summed E-state index contributed by atoms with van der Waals surface area (Å²) in [5, 5.41) is 8.47. The highest BCUT2D eigenvalue weighted by molar-refractivity contribution is 5.71. The van der Waals surface area contributed by atoms with E-state index in [0.717, 1.165) is 0 Å². The van der Waals surface area contributed by atoms with Crippen molar-refractivity contribution in [2.75, 3.05) is 0 Å². The summed E-state index contributed by atoms with van der Waals surface area (Å²) in [6.07, 6.45) is 1.37. The quantitative estimate of drug-likeness (QED) is 0.737. The Kier molecular flexibility index (Phi) is 1.70. The topological polar surface area (TPSA) is 76.2 Å². The Balaban J connectivity index is 2.44. The molecule has 66 valence electrons. The van der Waals surface area contributed by atoms with Crippen LogP contribution in [0.1, 0.15) is 5.89 Å². The summed E-state index contributed by atoms with van der Waals surface area (Å²) < 4.78 is 5.12. The van der Waals surface area contributed by atoms with Crippen LogP contribution in [0.4, 0.5) is 0 Å². The maximum atomic E-state index is 10.3. The van der Waals surface area contributed by atoms with E-state index in [-0.39, 0.29) is 12.3 Å². The van der Waals surface area contributed by atoms with Crippen LogP contribution in [-0.2, 0) is 11.2 Å². The number of rotatable bonds is 2. The van der Waals surface area contributed by atoms with Crippen LogP contribution in [0.2, 0.25) is 0 Å². The molecule has 2 rings (SSSR count). The van der Waals surface area contributed by atoms with Crippen molar-refractivity contribution in [3.05, 3.63) is 24.2 Å². The first-order valence-electron chi connectivity index (χ1n) is 3.68. The number of pyridine rings is 1. The van der Waals surface area contributed by atoms with Crippen molar-refractivity contribution in [1.29, 1.82) is 0 Å². The molecule has 0 atom stereocenters. The highest BCUT2D eigenvalue weighted by Gasteiger charge is 2.08. The second-order valence-electron chi connectivity index (χ2n) is 2.50. The third kappa shape index (κ3) is 1.48. The molecule has 0 saturated heterocycles. The average molecular weight is 178 g/mol. The van der Waals surface area contributed by atoms with Gasteiger partial charge in [-0.2, -0.15) is 4.98 Å². The molecule has 0 unspecified atom stereocenters. The molecule has 0 amide bonds. The molecule has 0 fully saturated rings. The molecule has 5 nitrogen and oxygen atoms in total. The predicted octanol–water partition coefficient (Wildman–Crippen LogP) is 0.850. The van der Waals surface area contributed by atoms with E-state index in [1.165, 1.54) is 0 Å². The van der Waals surface area contributed by atoms with Gasteiger partial charge in [0.1, 0.15) is 6.42 Å². The molecule has 2 aromatic heterocycles. The van der Waals surface area contributed by atoms with E-state index in [2.05, 4.69) is 9.97 Å². The van der Waals surface area contributed by atoms with E-state index < -0.39 is 5.97 Å². The highest BCUT2D eigenvalue weighted by atomic mass is 16.4. The monoisotopic (exact) mass is 178 g/mol. The highest BCUT2D eigenvalue weighted by Crippen LogP contribution is 2.12. The number of aliphatic carboxylic acids is 1. The van der Waals surface area contributed by atoms with E-state index in [0.29, 0.717) is 11.2 Å². The molecule has 5 heteroatoms. The van der Waals surface area contributed by atoms with Gasteiger partial charge >= 0.3 is 5.97 Å². The van der Waals surface area contributed by atoms with Crippen LogP contribution in [0.15, 0.2) is 22.7 Å². The van der Waals surface area contributed by atoms with Crippen molar-refractivity contribution >= 4 is 17.2 Å². The molecule has 2 heterocycles. The molecule has 0 spiro atoms. The van der Waals surface area contributed by atoms with Gasteiger partial charge in [-0.25, -0.2) is 4.98 Å². The zero-order chi connectivity index (χ0) is 9.26. The summed E-state index contributed by atoms with van der Waals surface area (Å²) in [5.74, 6) is -0.784. The summed E-state index contributed by atoms with van der Waals surface area (Å²) in [6, 6.07) is 3.40. The van der Waals surface area contributed by atoms with Crippen molar-refractivity contribution in [1.82, 2.24) is 9.97 Å². The molecule has 13 heavy (non-hydrogen) atoms. The van der Waals surface area contributed by atoms with Crippen LogP contribution < -0.4 is 0 Å². The fraction of sp³-hybridized carbons (Fsp3) is 0.125. The Bertz CT molecular complexity index is 416. The third-order valence-electron chi connectivity index (χ3n) is 1.51. The minimum atomic E-state index is -0.966. The molecule has 0 radical (unpaired) electrons. The van der Waals surface area contributed by atoms with Gasteiger partial charge in [0.25, 0.3) is 0 Å². The minimum absolute atomic E-state index is 0.182. The van der Waals surface area contributed by atoms with Crippen molar-refractivity contribution in [3.8, 4) is 0 Å². The lowest BCUT2D eigenvalue weighted by atomic mass is 10.4. The summed E-state index contributed by atoms with van der Waals surface area (Å²) in [6.45, 7) is 0. The lowest BCUT2D eigenvalue weighted by Gasteiger charge is -1.84. The van der Waals surface area contributed by atoms with E-state index in [9.17, 15) is 4.79 Å². The predicted molar refractivity (Wildman–Crippen MR) is 43.1 cm³/mol. The largest absolute Gasteiger partial charge is 0.481 e. The smallest absolute Gasteiger partial charge is 0.312 e. The third-order valence-corrected chi connectivity index (χ3v) is 1.51. The summed E-state index contributed by atoms with van der Waals surface area (Å²) in [7, 11) is 0. The number of oxazole rings is 1. The molecule has 1 N–H and O–H groups in total. The SMILES string of the molecule is O=C(O)Cc1nc2ncccc2o1. The number of carboxylic acid groups (broad SMARTS) is 1. The molecular weight excluding hydrogens is 172 g/mol. The summed E-state index contributed by atoms with van der Waals surface area (Å²) >= 11 is 0. The van der Waals surface area contributed by atoms with Crippen molar-refractivity contribution in [2.45, 2.75) is 6.42 Å². The molecule has 0 bridgehead atoms. The first-order chi connectivity index (χ1) is 6.25. The average Bonchev–Trinajstić information content (AvgIpc) is 2.44. The Morgan fingerprint density at radius 2 is 2.46 bits per heavy atom. The van der Waals surface area contributed by atoms with Crippen molar-refractivity contribution < 1.29 is 14.3 Å². The van der Waals surface area contributed by atoms with Gasteiger partial charge < -0.3 is 9.52 Å². The first-order valence-corrected chi connectivity index (χ1v) is 3.68. The second-order valence-corrected chi connectivity index (χ2v) is 2.50. The first kappa shape index (κ1) is 7.72. The molecule has 0 saturated carbocycles. The fourth-order valence-electron chi connectivity index (χ4n) is 1.02. The van der Waals surface area contributed by atoms with Gasteiger partial charge in [0, 0.05) is 6.20 Å². The maximum Gasteiger partial charge on any atom is 0.312 e. The van der Waals surface area contributed by atoms with Crippen LogP contribution in [0.3, 0.4) is 0 Å². The molecule has 0 aliphatic rings. The summed E-state index contributed by atoms with van der Waals surface area (Å²) in [5.41, 5.74) is 0.956.